The molecule has 6 nitrogen and oxygen atoms in total. The number of amides is 1. The van der Waals surface area contributed by atoms with Crippen LogP contribution in [0.1, 0.15) is 39.0 Å². The van der Waals surface area contributed by atoms with Crippen molar-refractivity contribution in [1.29, 1.82) is 0 Å². The van der Waals surface area contributed by atoms with Crippen molar-refractivity contribution in [2.75, 3.05) is 44.2 Å². The van der Waals surface area contributed by atoms with Gasteiger partial charge in [-0.3, -0.25) is 4.79 Å². The van der Waals surface area contributed by atoms with E-state index in [-0.39, 0.29) is 11.8 Å². The van der Waals surface area contributed by atoms with E-state index in [4.69, 9.17) is 4.98 Å². The average molecular weight is 422 g/mol. The first-order chi connectivity index (χ1) is 15.2. The van der Waals surface area contributed by atoms with Crippen LogP contribution in [0, 0.1) is 11.8 Å². The number of likely N-dealkylation sites (tertiary alicyclic amines) is 1. The summed E-state index contributed by atoms with van der Waals surface area (Å²) >= 11 is 0. The Kier molecular flexibility index (Phi) is 7.52. The minimum absolute atomic E-state index is 0.0275. The van der Waals surface area contributed by atoms with Gasteiger partial charge in [0.15, 0.2) is 5.82 Å². The third-order valence-electron chi connectivity index (χ3n) is 6.62. The van der Waals surface area contributed by atoms with Crippen LogP contribution in [0.4, 0.5) is 5.82 Å². The molecule has 2 fully saturated rings. The van der Waals surface area contributed by atoms with Crippen LogP contribution in [0.2, 0.25) is 0 Å². The summed E-state index contributed by atoms with van der Waals surface area (Å²) in [5.41, 5.74) is 1.01. The number of hydrogen-bond donors (Lipinski definition) is 1. The summed E-state index contributed by atoms with van der Waals surface area (Å²) < 4.78 is 0. The number of carbonyl (C=O) groups is 1. The summed E-state index contributed by atoms with van der Waals surface area (Å²) in [5, 5.41) is 3.18. The number of nitrogens with zero attached hydrogens (tertiary/aromatic N) is 4. The van der Waals surface area contributed by atoms with Gasteiger partial charge in [0.1, 0.15) is 5.82 Å². The monoisotopic (exact) mass is 421 g/mol. The van der Waals surface area contributed by atoms with Gasteiger partial charge in [0.05, 0.1) is 5.92 Å². The van der Waals surface area contributed by atoms with E-state index in [2.05, 4.69) is 27.0 Å². The molecule has 4 rings (SSSR count). The van der Waals surface area contributed by atoms with Gasteiger partial charge in [0.2, 0.25) is 5.91 Å². The van der Waals surface area contributed by atoms with Gasteiger partial charge in [-0.25, -0.2) is 9.97 Å². The Bertz CT molecular complexity index is 835. The van der Waals surface area contributed by atoms with Crippen LogP contribution in [0.5, 0.6) is 0 Å². The van der Waals surface area contributed by atoms with Crippen LogP contribution in [0.25, 0.3) is 11.4 Å². The van der Waals surface area contributed by atoms with Gasteiger partial charge in [0, 0.05) is 31.4 Å². The van der Waals surface area contributed by atoms with E-state index in [9.17, 15) is 4.79 Å². The topological polar surface area (TPSA) is 61.4 Å². The molecule has 2 saturated heterocycles. The maximum Gasteiger partial charge on any atom is 0.224 e. The molecule has 166 valence electrons. The lowest BCUT2D eigenvalue weighted by Gasteiger charge is -2.33. The first-order valence-electron chi connectivity index (χ1n) is 11.8. The normalized spacial score (nSPS) is 20.5. The Balaban J connectivity index is 1.26. The average Bonchev–Trinajstić information content (AvgIpc) is 2.83. The quantitative estimate of drug-likeness (QED) is 0.692. The summed E-state index contributed by atoms with van der Waals surface area (Å²) in [6, 6.07) is 12.0. The predicted octanol–water partition coefficient (Wildman–Crippen LogP) is 3.60. The van der Waals surface area contributed by atoms with E-state index in [1.165, 1.54) is 25.9 Å². The zero-order valence-corrected chi connectivity index (χ0v) is 18.7. The lowest BCUT2D eigenvalue weighted by molar-refractivity contribution is -0.125. The molecule has 1 amide bonds. The molecular weight excluding hydrogens is 386 g/mol. The largest absolute Gasteiger partial charge is 0.356 e. The second-order valence-corrected chi connectivity index (χ2v) is 9.06. The van der Waals surface area contributed by atoms with E-state index in [1.807, 2.05) is 42.6 Å². The highest BCUT2D eigenvalue weighted by molar-refractivity contribution is 5.79. The smallest absolute Gasteiger partial charge is 0.224 e. The molecule has 0 aliphatic carbocycles. The Morgan fingerprint density at radius 1 is 1.10 bits per heavy atom. The highest BCUT2D eigenvalue weighted by atomic mass is 16.1. The molecular formula is C25H35N5O. The van der Waals surface area contributed by atoms with Crippen LogP contribution < -0.4 is 10.2 Å². The molecule has 6 heteroatoms. The van der Waals surface area contributed by atoms with E-state index < -0.39 is 0 Å². The number of benzene rings is 1. The minimum atomic E-state index is 0.0275. The number of hydrogen-bond acceptors (Lipinski definition) is 5. The highest BCUT2D eigenvalue weighted by Gasteiger charge is 2.26. The van der Waals surface area contributed by atoms with Crippen molar-refractivity contribution in [2.45, 2.75) is 39.0 Å². The predicted molar refractivity (Wildman–Crippen MR) is 125 cm³/mol. The van der Waals surface area contributed by atoms with E-state index in [0.717, 1.165) is 68.6 Å². The lowest BCUT2D eigenvalue weighted by Crippen LogP contribution is -2.44. The summed E-state index contributed by atoms with van der Waals surface area (Å²) in [7, 11) is 0. The third kappa shape index (κ3) is 6.03. The Morgan fingerprint density at radius 2 is 1.90 bits per heavy atom. The zero-order chi connectivity index (χ0) is 21.5. The maximum absolute atomic E-state index is 12.8. The molecule has 1 N–H and O–H groups in total. The zero-order valence-electron chi connectivity index (χ0n) is 18.7. The molecule has 2 aromatic rings. The lowest BCUT2D eigenvalue weighted by atomic mass is 9.97. The number of aromatic nitrogens is 2. The van der Waals surface area contributed by atoms with Crippen LogP contribution in [0.15, 0.2) is 42.6 Å². The SMILES string of the molecule is CC1CCN(CCCNC(=O)[C@@H]2CCCN(c3ccnc(-c4ccccc4)n3)C2)CC1. The molecule has 0 spiro atoms. The van der Waals surface area contributed by atoms with Gasteiger partial charge in [-0.1, -0.05) is 37.3 Å². The van der Waals surface area contributed by atoms with Crippen molar-refractivity contribution in [3.63, 3.8) is 0 Å². The van der Waals surface area contributed by atoms with E-state index in [0.29, 0.717) is 0 Å². The van der Waals surface area contributed by atoms with Gasteiger partial charge in [-0.05, 0) is 63.7 Å². The van der Waals surface area contributed by atoms with Gasteiger partial charge in [0.25, 0.3) is 0 Å². The van der Waals surface area contributed by atoms with E-state index in [1.54, 1.807) is 0 Å². The summed E-state index contributed by atoms with van der Waals surface area (Å²) in [5.74, 6) is 2.72. The molecule has 2 aliphatic heterocycles. The van der Waals surface area contributed by atoms with Crippen molar-refractivity contribution in [3.8, 4) is 11.4 Å². The molecule has 0 saturated carbocycles. The van der Waals surface area contributed by atoms with Crippen LogP contribution in [-0.4, -0.2) is 60.0 Å². The number of piperidine rings is 2. The number of nitrogens with one attached hydrogen (secondary N) is 1. The number of anilines is 1. The van der Waals surface area contributed by atoms with Crippen LogP contribution in [0.3, 0.4) is 0 Å². The molecule has 0 bridgehead atoms. The third-order valence-corrected chi connectivity index (χ3v) is 6.62. The Hall–Kier alpha value is -2.47. The second kappa shape index (κ2) is 10.7. The molecule has 2 aliphatic rings. The first kappa shape index (κ1) is 21.8. The summed E-state index contributed by atoms with van der Waals surface area (Å²) in [4.78, 5) is 26.7. The maximum atomic E-state index is 12.8. The van der Waals surface area contributed by atoms with Gasteiger partial charge in [-0.15, -0.1) is 0 Å². The molecule has 3 heterocycles. The molecule has 1 aromatic carbocycles. The van der Waals surface area contributed by atoms with Gasteiger partial charge >= 0.3 is 0 Å². The van der Waals surface area contributed by atoms with Crippen molar-refractivity contribution >= 4 is 11.7 Å². The van der Waals surface area contributed by atoms with Crippen LogP contribution in [-0.2, 0) is 4.79 Å². The molecule has 31 heavy (non-hydrogen) atoms. The first-order valence-corrected chi connectivity index (χ1v) is 11.8. The highest BCUT2D eigenvalue weighted by Crippen LogP contribution is 2.24. The molecule has 0 radical (unpaired) electrons. The fraction of sp³-hybridized carbons (Fsp3) is 0.560. The van der Waals surface area contributed by atoms with E-state index >= 15 is 0 Å². The fourth-order valence-corrected chi connectivity index (χ4v) is 4.60. The fourth-order valence-electron chi connectivity index (χ4n) is 4.60. The standard InChI is InChI=1S/C25H35N5O/c1-20-11-17-29(18-12-20)15-6-13-27-25(31)22-9-5-16-30(19-22)23-10-14-26-24(28-23)21-7-3-2-4-8-21/h2-4,7-8,10,14,20,22H,5-6,9,11-13,15-19H2,1H3,(H,27,31)/t22-/m1/s1. The van der Waals surface area contributed by atoms with Gasteiger partial charge in [-0.2, -0.15) is 0 Å². The van der Waals surface area contributed by atoms with Crippen molar-refractivity contribution < 1.29 is 4.79 Å². The van der Waals surface area contributed by atoms with Crippen molar-refractivity contribution in [2.24, 2.45) is 11.8 Å². The second-order valence-electron chi connectivity index (χ2n) is 9.06. The summed E-state index contributed by atoms with van der Waals surface area (Å²) in [6.45, 7) is 8.27. The molecule has 1 aromatic heterocycles. The minimum Gasteiger partial charge on any atom is -0.356 e. The van der Waals surface area contributed by atoms with Crippen molar-refractivity contribution in [3.05, 3.63) is 42.6 Å². The van der Waals surface area contributed by atoms with Gasteiger partial charge < -0.3 is 15.1 Å². The summed E-state index contributed by atoms with van der Waals surface area (Å²) in [6.07, 6.45) is 7.41. The molecule has 1 atom stereocenters. The van der Waals surface area contributed by atoms with Crippen LogP contribution >= 0.6 is 0 Å². The Morgan fingerprint density at radius 3 is 2.71 bits per heavy atom. The number of carbonyl (C=O) groups excluding carboxylic acids is 1. The number of rotatable bonds is 7. The van der Waals surface area contributed by atoms with Crippen molar-refractivity contribution in [1.82, 2.24) is 20.2 Å². The molecule has 0 unspecified atom stereocenters. The Labute approximate surface area is 186 Å².